The Bertz CT molecular complexity index is 1200. The number of carbonyl (C=O) groups is 1. The van der Waals surface area contributed by atoms with Crippen molar-refractivity contribution in [1.82, 2.24) is 15.0 Å². The van der Waals surface area contributed by atoms with E-state index in [1.807, 2.05) is 33.8 Å². The van der Waals surface area contributed by atoms with Crippen LogP contribution in [-0.4, -0.2) is 26.5 Å². The highest BCUT2D eigenvalue weighted by Gasteiger charge is 2.56. The number of benzene rings is 1. The second-order valence-electron chi connectivity index (χ2n) is 9.09. The zero-order chi connectivity index (χ0) is 24.0. The lowest BCUT2D eigenvalue weighted by Crippen LogP contribution is -2.31. The lowest BCUT2D eigenvalue weighted by atomic mass is 10.1. The Morgan fingerprint density at radius 3 is 2.52 bits per heavy atom. The molecule has 174 valence electrons. The lowest BCUT2D eigenvalue weighted by molar-refractivity contribution is -0.158. The number of nitrogens with zero attached hydrogens (tertiary/aromatic N) is 3. The highest BCUT2D eigenvalue weighted by molar-refractivity contribution is 7.15. The zero-order valence-corrected chi connectivity index (χ0v) is 19.4. The van der Waals surface area contributed by atoms with Crippen LogP contribution in [0, 0.1) is 6.92 Å². The average molecular weight is 477 g/mol. The predicted octanol–water partition coefficient (Wildman–Crippen LogP) is 6.04. The number of aryl methyl sites for hydroxylation is 1. The van der Waals surface area contributed by atoms with E-state index in [1.54, 1.807) is 18.3 Å². The van der Waals surface area contributed by atoms with E-state index in [0.717, 1.165) is 28.3 Å². The summed E-state index contributed by atoms with van der Waals surface area (Å²) in [4.78, 5) is 25.5. The first kappa shape index (κ1) is 23.2. The Morgan fingerprint density at radius 1 is 1.15 bits per heavy atom. The molecule has 1 aliphatic rings. The minimum atomic E-state index is -4.55. The Hall–Kier alpha value is -3.01. The quantitative estimate of drug-likeness (QED) is 0.452. The molecule has 10 heteroatoms. The van der Waals surface area contributed by atoms with Crippen molar-refractivity contribution in [3.8, 4) is 10.4 Å². The number of rotatable bonds is 5. The van der Waals surface area contributed by atoms with E-state index in [9.17, 15) is 18.0 Å². The lowest BCUT2D eigenvalue weighted by Gasteiger charge is -2.22. The monoisotopic (exact) mass is 476 g/mol. The van der Waals surface area contributed by atoms with Gasteiger partial charge in [-0.2, -0.15) is 13.2 Å². The van der Waals surface area contributed by atoms with E-state index in [1.165, 1.54) is 11.3 Å². The summed E-state index contributed by atoms with van der Waals surface area (Å²) in [5.41, 5.74) is -0.00896. The second-order valence-corrected chi connectivity index (χ2v) is 10.1. The van der Waals surface area contributed by atoms with Gasteiger partial charge >= 0.3 is 12.1 Å². The van der Waals surface area contributed by atoms with Crippen molar-refractivity contribution in [2.45, 2.75) is 57.7 Å². The average Bonchev–Trinajstić information content (AvgIpc) is 3.36. The van der Waals surface area contributed by atoms with E-state index in [4.69, 9.17) is 4.74 Å². The van der Waals surface area contributed by atoms with Crippen LogP contribution in [0.5, 0.6) is 0 Å². The molecule has 2 aromatic heterocycles. The van der Waals surface area contributed by atoms with Crippen LogP contribution in [0.2, 0.25) is 0 Å². The molecular formula is C23H23F3N4O2S. The Morgan fingerprint density at radius 2 is 1.88 bits per heavy atom. The summed E-state index contributed by atoms with van der Waals surface area (Å²) in [6.07, 6.45) is -0.381. The molecule has 1 saturated carbocycles. The number of hydrogen-bond acceptors (Lipinski definition) is 7. The molecule has 4 rings (SSSR count). The summed E-state index contributed by atoms with van der Waals surface area (Å²) in [6, 6.07) is 6.35. The van der Waals surface area contributed by atoms with Crippen LogP contribution in [0.3, 0.4) is 0 Å². The third-order valence-corrected chi connectivity index (χ3v) is 6.27. The van der Waals surface area contributed by atoms with Crippen LogP contribution >= 0.6 is 11.3 Å². The highest BCUT2D eigenvalue weighted by atomic mass is 32.1. The van der Waals surface area contributed by atoms with Gasteiger partial charge in [0.15, 0.2) is 0 Å². The van der Waals surface area contributed by atoms with Crippen LogP contribution in [0.15, 0.2) is 36.7 Å². The van der Waals surface area contributed by atoms with Crippen molar-refractivity contribution in [3.63, 3.8) is 0 Å². The summed E-state index contributed by atoms with van der Waals surface area (Å²) < 4.78 is 44.4. The first-order valence-electron chi connectivity index (χ1n) is 10.3. The molecule has 0 spiro atoms. The number of esters is 1. The number of hydrogen-bond donors (Lipinski definition) is 1. The van der Waals surface area contributed by atoms with Crippen LogP contribution in [0.25, 0.3) is 10.4 Å². The molecule has 0 atom stereocenters. The van der Waals surface area contributed by atoms with Gasteiger partial charge in [0.1, 0.15) is 21.7 Å². The van der Waals surface area contributed by atoms with Gasteiger partial charge in [-0.05, 0) is 69.9 Å². The van der Waals surface area contributed by atoms with Crippen molar-refractivity contribution >= 4 is 28.9 Å². The molecule has 1 fully saturated rings. The van der Waals surface area contributed by atoms with Gasteiger partial charge in [-0.15, -0.1) is 11.3 Å². The molecule has 6 nitrogen and oxygen atoms in total. The molecule has 0 unspecified atom stereocenters. The molecule has 1 N–H and O–H groups in total. The van der Waals surface area contributed by atoms with Crippen molar-refractivity contribution in [2.24, 2.45) is 0 Å². The van der Waals surface area contributed by atoms with Gasteiger partial charge in [0.05, 0.1) is 4.88 Å². The summed E-state index contributed by atoms with van der Waals surface area (Å²) in [5, 5.41) is 3.56. The van der Waals surface area contributed by atoms with Crippen molar-refractivity contribution < 1.29 is 22.7 Å². The summed E-state index contributed by atoms with van der Waals surface area (Å²) in [5.74, 6) is -0.405. The van der Waals surface area contributed by atoms with Crippen LogP contribution in [-0.2, 0) is 21.1 Å². The van der Waals surface area contributed by atoms with E-state index in [-0.39, 0.29) is 11.9 Å². The van der Waals surface area contributed by atoms with Gasteiger partial charge in [0.25, 0.3) is 0 Å². The summed E-state index contributed by atoms with van der Waals surface area (Å²) in [7, 11) is 0. The first-order valence-corrected chi connectivity index (χ1v) is 11.2. The molecule has 1 aromatic carbocycles. The minimum absolute atomic E-state index is 0.145. The van der Waals surface area contributed by atoms with Gasteiger partial charge in [0.2, 0.25) is 5.95 Å². The standard InChI is InChI=1S/C23H23F3N4O2S/c1-13-9-14(11-15(10-13)29-20-27-8-5-17(30-20)23(24,25)26)16-12-28-18(33-16)22(6-7-22)19(31)32-21(2,3)4/h5,8-12H,6-7H2,1-4H3,(H,27,29,30). The van der Waals surface area contributed by atoms with E-state index in [2.05, 4.69) is 20.3 Å². The summed E-state index contributed by atoms with van der Waals surface area (Å²) >= 11 is 1.42. The molecule has 3 aromatic rings. The molecule has 0 amide bonds. The van der Waals surface area contributed by atoms with Gasteiger partial charge in [-0.1, -0.05) is 6.07 Å². The highest BCUT2D eigenvalue weighted by Crippen LogP contribution is 2.52. The van der Waals surface area contributed by atoms with Crippen LogP contribution < -0.4 is 5.32 Å². The minimum Gasteiger partial charge on any atom is -0.459 e. The van der Waals surface area contributed by atoms with Gasteiger partial charge in [-0.25, -0.2) is 15.0 Å². The topological polar surface area (TPSA) is 77.0 Å². The first-order chi connectivity index (χ1) is 15.4. The third kappa shape index (κ3) is 5.16. The molecular weight excluding hydrogens is 453 g/mol. The number of halogens is 3. The van der Waals surface area contributed by atoms with Gasteiger partial charge in [-0.3, -0.25) is 4.79 Å². The maximum absolute atomic E-state index is 13.0. The van der Waals surface area contributed by atoms with Crippen molar-refractivity contribution in [1.29, 1.82) is 0 Å². The van der Waals surface area contributed by atoms with E-state index >= 15 is 0 Å². The van der Waals surface area contributed by atoms with Crippen molar-refractivity contribution in [3.05, 3.63) is 52.9 Å². The number of ether oxygens (including phenoxy) is 1. The Labute approximate surface area is 193 Å². The molecule has 0 bridgehead atoms. The van der Waals surface area contributed by atoms with Crippen molar-refractivity contribution in [2.75, 3.05) is 5.32 Å². The second kappa shape index (κ2) is 8.09. The maximum atomic E-state index is 13.0. The largest absolute Gasteiger partial charge is 0.459 e. The number of carbonyl (C=O) groups excluding carboxylic acids is 1. The SMILES string of the molecule is Cc1cc(Nc2nccc(C(F)(F)F)n2)cc(-c2cnc(C3(C(=O)OC(C)(C)C)CC3)s2)c1. The predicted molar refractivity (Wildman–Crippen MR) is 119 cm³/mol. The van der Waals surface area contributed by atoms with Crippen LogP contribution in [0.4, 0.5) is 24.8 Å². The molecule has 0 radical (unpaired) electrons. The number of aromatic nitrogens is 3. The maximum Gasteiger partial charge on any atom is 0.433 e. The fourth-order valence-electron chi connectivity index (χ4n) is 3.34. The fraction of sp³-hybridized carbons (Fsp3) is 0.391. The smallest absolute Gasteiger partial charge is 0.433 e. The van der Waals surface area contributed by atoms with E-state index in [0.29, 0.717) is 23.5 Å². The van der Waals surface area contributed by atoms with E-state index < -0.39 is 22.9 Å². The normalized spacial score (nSPS) is 15.2. The summed E-state index contributed by atoms with van der Waals surface area (Å²) in [6.45, 7) is 7.39. The molecule has 0 saturated heterocycles. The Kier molecular flexibility index (Phi) is 5.68. The number of alkyl halides is 3. The third-order valence-electron chi connectivity index (χ3n) is 5.02. The number of nitrogens with one attached hydrogen (secondary N) is 1. The van der Waals surface area contributed by atoms with Gasteiger partial charge in [0, 0.05) is 18.1 Å². The molecule has 2 heterocycles. The molecule has 0 aliphatic heterocycles. The van der Waals surface area contributed by atoms with Gasteiger partial charge < -0.3 is 10.1 Å². The molecule has 33 heavy (non-hydrogen) atoms. The van der Waals surface area contributed by atoms with Crippen LogP contribution in [0.1, 0.15) is 49.9 Å². The fourth-order valence-corrected chi connectivity index (χ4v) is 4.48. The molecule has 1 aliphatic carbocycles. The number of anilines is 2. The zero-order valence-electron chi connectivity index (χ0n) is 18.6. The number of thiazole rings is 1. The Balaban J connectivity index is 1.58.